The van der Waals surface area contributed by atoms with E-state index >= 15 is 0 Å². The number of aliphatic hydroxyl groups is 1. The van der Waals surface area contributed by atoms with Gasteiger partial charge in [-0.15, -0.1) is 11.3 Å². The van der Waals surface area contributed by atoms with Gasteiger partial charge in [0.2, 0.25) is 0 Å². The van der Waals surface area contributed by atoms with Crippen LogP contribution in [0.5, 0.6) is 0 Å². The maximum atomic E-state index is 9.37. The minimum absolute atomic E-state index is 0.0201. The van der Waals surface area contributed by atoms with E-state index in [9.17, 15) is 5.11 Å². The van der Waals surface area contributed by atoms with Crippen molar-refractivity contribution in [3.63, 3.8) is 0 Å². The Balaban J connectivity index is 1.96. The van der Waals surface area contributed by atoms with Crippen LogP contribution in [0.1, 0.15) is 5.56 Å². The molecule has 1 aromatic heterocycles. The van der Waals surface area contributed by atoms with E-state index in [1.807, 2.05) is 30.3 Å². The highest BCUT2D eigenvalue weighted by molar-refractivity contribution is 8.01. The molecule has 3 rings (SSSR count). The minimum Gasteiger partial charge on any atom is -0.392 e. The van der Waals surface area contributed by atoms with E-state index in [-0.39, 0.29) is 6.61 Å². The van der Waals surface area contributed by atoms with Gasteiger partial charge in [-0.2, -0.15) is 0 Å². The molecule has 0 aliphatic heterocycles. The summed E-state index contributed by atoms with van der Waals surface area (Å²) in [6, 6.07) is 13.6. The van der Waals surface area contributed by atoms with Crippen LogP contribution >= 0.6 is 34.7 Å². The highest BCUT2D eigenvalue weighted by Crippen LogP contribution is 2.36. The summed E-state index contributed by atoms with van der Waals surface area (Å²) in [5.41, 5.74) is 1.84. The molecule has 2 nitrogen and oxygen atoms in total. The van der Waals surface area contributed by atoms with Crippen molar-refractivity contribution in [1.82, 2.24) is 4.98 Å². The van der Waals surface area contributed by atoms with E-state index in [1.54, 1.807) is 29.2 Å². The summed E-state index contributed by atoms with van der Waals surface area (Å²) in [6.45, 7) is -0.0201. The fourth-order valence-electron chi connectivity index (χ4n) is 1.76. The predicted molar refractivity (Wildman–Crippen MR) is 81.1 cm³/mol. The fraction of sp³-hybridized carbons (Fsp3) is 0.0714. The predicted octanol–water partition coefficient (Wildman–Crippen LogP) is 4.59. The third-order valence-corrected chi connectivity index (χ3v) is 5.11. The van der Waals surface area contributed by atoms with Gasteiger partial charge in [-0.25, -0.2) is 4.98 Å². The van der Waals surface area contributed by atoms with Gasteiger partial charge in [0, 0.05) is 9.92 Å². The fourth-order valence-corrected chi connectivity index (χ4v) is 4.08. The maximum absolute atomic E-state index is 9.37. The molecule has 0 fully saturated rings. The number of aliphatic hydroxyl groups excluding tert-OH is 1. The lowest BCUT2D eigenvalue weighted by atomic mass is 10.2. The van der Waals surface area contributed by atoms with Crippen LogP contribution in [0.15, 0.2) is 51.7 Å². The van der Waals surface area contributed by atoms with Gasteiger partial charge in [0.25, 0.3) is 0 Å². The van der Waals surface area contributed by atoms with Crippen molar-refractivity contribution >= 4 is 44.9 Å². The first-order valence-corrected chi connectivity index (χ1v) is 7.70. The average molecular weight is 308 g/mol. The minimum atomic E-state index is -0.0201. The summed E-state index contributed by atoms with van der Waals surface area (Å²) in [4.78, 5) is 5.56. The van der Waals surface area contributed by atoms with E-state index in [0.29, 0.717) is 5.02 Å². The Bertz CT molecular complexity index is 693. The molecule has 0 aliphatic carbocycles. The van der Waals surface area contributed by atoms with Crippen LogP contribution in [-0.2, 0) is 6.61 Å². The molecular formula is C14H10ClNOS2. The summed E-state index contributed by atoms with van der Waals surface area (Å²) < 4.78 is 2.14. The van der Waals surface area contributed by atoms with Crippen LogP contribution in [0, 0.1) is 0 Å². The number of hydrogen-bond donors (Lipinski definition) is 1. The smallest absolute Gasteiger partial charge is 0.155 e. The Morgan fingerprint density at radius 1 is 1.21 bits per heavy atom. The molecule has 0 amide bonds. The topological polar surface area (TPSA) is 33.1 Å². The molecule has 0 unspecified atom stereocenters. The summed E-state index contributed by atoms with van der Waals surface area (Å²) in [6.07, 6.45) is 0. The van der Waals surface area contributed by atoms with Gasteiger partial charge in [0.05, 0.1) is 16.8 Å². The maximum Gasteiger partial charge on any atom is 0.155 e. The third kappa shape index (κ3) is 2.77. The quantitative estimate of drug-likeness (QED) is 0.768. The molecule has 0 bridgehead atoms. The van der Waals surface area contributed by atoms with Gasteiger partial charge in [0.1, 0.15) is 0 Å². The Hall–Kier alpha value is -1.07. The van der Waals surface area contributed by atoms with Crippen molar-refractivity contribution in [2.45, 2.75) is 15.8 Å². The highest BCUT2D eigenvalue weighted by atomic mass is 35.5. The van der Waals surface area contributed by atoms with Gasteiger partial charge in [-0.3, -0.25) is 0 Å². The molecule has 0 spiro atoms. The molecule has 0 saturated carbocycles. The Morgan fingerprint density at radius 3 is 2.84 bits per heavy atom. The second-order valence-corrected chi connectivity index (χ2v) is 6.72. The largest absolute Gasteiger partial charge is 0.392 e. The summed E-state index contributed by atoms with van der Waals surface area (Å²) in [5.74, 6) is 0. The number of aromatic nitrogens is 1. The van der Waals surface area contributed by atoms with Crippen molar-refractivity contribution in [3.05, 3.63) is 53.1 Å². The molecule has 0 saturated heterocycles. The SMILES string of the molecule is OCc1cc(Cl)ccc1Sc1nc2ccccc2s1. The zero-order valence-corrected chi connectivity index (χ0v) is 12.2. The molecule has 0 atom stereocenters. The molecule has 2 aromatic carbocycles. The monoisotopic (exact) mass is 307 g/mol. The summed E-state index contributed by atoms with van der Waals surface area (Å²) >= 11 is 9.14. The summed E-state index contributed by atoms with van der Waals surface area (Å²) in [5, 5.41) is 10.0. The van der Waals surface area contributed by atoms with Gasteiger partial charge in [-0.1, -0.05) is 35.5 Å². The van der Waals surface area contributed by atoms with Crippen LogP contribution in [0.4, 0.5) is 0 Å². The van der Waals surface area contributed by atoms with Crippen LogP contribution in [0.2, 0.25) is 5.02 Å². The molecule has 1 N–H and O–H groups in total. The molecule has 19 heavy (non-hydrogen) atoms. The molecule has 96 valence electrons. The van der Waals surface area contributed by atoms with E-state index in [0.717, 1.165) is 20.3 Å². The Kier molecular flexibility index (Phi) is 3.75. The van der Waals surface area contributed by atoms with Gasteiger partial charge in [0.15, 0.2) is 4.34 Å². The zero-order valence-electron chi connectivity index (χ0n) is 9.84. The lowest BCUT2D eigenvalue weighted by Crippen LogP contribution is -1.87. The van der Waals surface area contributed by atoms with Crippen LogP contribution < -0.4 is 0 Å². The number of halogens is 1. The molecule has 3 aromatic rings. The van der Waals surface area contributed by atoms with Gasteiger partial charge in [-0.05, 0) is 35.9 Å². The number of hydrogen-bond acceptors (Lipinski definition) is 4. The van der Waals surface area contributed by atoms with Crippen LogP contribution in [0.3, 0.4) is 0 Å². The Morgan fingerprint density at radius 2 is 2.05 bits per heavy atom. The number of benzene rings is 2. The van der Waals surface area contributed by atoms with E-state index in [1.165, 1.54) is 4.70 Å². The van der Waals surface area contributed by atoms with E-state index in [4.69, 9.17) is 11.6 Å². The first-order valence-electron chi connectivity index (χ1n) is 5.69. The van der Waals surface area contributed by atoms with Gasteiger partial charge >= 0.3 is 0 Å². The van der Waals surface area contributed by atoms with Crippen molar-refractivity contribution < 1.29 is 5.11 Å². The van der Waals surface area contributed by atoms with Crippen molar-refractivity contribution in [3.8, 4) is 0 Å². The van der Waals surface area contributed by atoms with Crippen molar-refractivity contribution in [2.75, 3.05) is 0 Å². The number of rotatable bonds is 3. The second kappa shape index (κ2) is 5.51. The molecular weight excluding hydrogens is 298 g/mol. The number of nitrogens with zero attached hydrogens (tertiary/aromatic N) is 1. The number of thiazole rings is 1. The van der Waals surface area contributed by atoms with Gasteiger partial charge < -0.3 is 5.11 Å². The third-order valence-electron chi connectivity index (χ3n) is 2.66. The number of para-hydroxylation sites is 1. The average Bonchev–Trinajstić information content (AvgIpc) is 2.83. The van der Waals surface area contributed by atoms with Crippen LogP contribution in [0.25, 0.3) is 10.2 Å². The summed E-state index contributed by atoms with van der Waals surface area (Å²) in [7, 11) is 0. The second-order valence-electron chi connectivity index (χ2n) is 3.96. The normalized spacial score (nSPS) is 11.1. The lowest BCUT2D eigenvalue weighted by molar-refractivity contribution is 0.279. The first kappa shape index (κ1) is 12.9. The van der Waals surface area contributed by atoms with E-state index in [2.05, 4.69) is 11.1 Å². The number of fused-ring (bicyclic) bond motifs is 1. The molecule has 0 radical (unpaired) electrons. The first-order chi connectivity index (χ1) is 9.26. The molecule has 0 aliphatic rings. The lowest BCUT2D eigenvalue weighted by Gasteiger charge is -2.05. The van der Waals surface area contributed by atoms with Crippen LogP contribution in [-0.4, -0.2) is 10.1 Å². The van der Waals surface area contributed by atoms with E-state index < -0.39 is 0 Å². The highest BCUT2D eigenvalue weighted by Gasteiger charge is 2.09. The zero-order chi connectivity index (χ0) is 13.2. The molecule has 1 heterocycles. The standard InChI is InChI=1S/C14H10ClNOS2/c15-10-5-6-12(9(7-10)8-17)18-14-16-11-3-1-2-4-13(11)19-14/h1-7,17H,8H2. The van der Waals surface area contributed by atoms with Crippen molar-refractivity contribution in [2.24, 2.45) is 0 Å². The Labute approximate surface area is 124 Å². The van der Waals surface area contributed by atoms with Crippen molar-refractivity contribution in [1.29, 1.82) is 0 Å². The molecule has 5 heteroatoms.